The van der Waals surface area contributed by atoms with Crippen LogP contribution in [-0.2, 0) is 14.4 Å². The lowest BCUT2D eigenvalue weighted by atomic mass is 10.4. The van der Waals surface area contributed by atoms with E-state index in [1.807, 2.05) is 13.0 Å². The van der Waals surface area contributed by atoms with Gasteiger partial charge in [0, 0.05) is 0 Å². The van der Waals surface area contributed by atoms with Gasteiger partial charge in [0.2, 0.25) is 0 Å². The maximum absolute atomic E-state index is 10.7. The zero-order chi connectivity index (χ0) is 10.1. The summed E-state index contributed by atoms with van der Waals surface area (Å²) >= 11 is 0. The Balaban J connectivity index is 3.80. The van der Waals surface area contributed by atoms with Crippen molar-refractivity contribution < 1.29 is 14.4 Å². The van der Waals surface area contributed by atoms with Gasteiger partial charge >= 0.3 is 5.97 Å². The van der Waals surface area contributed by atoms with Crippen molar-refractivity contribution in [2.45, 2.75) is 6.92 Å². The van der Waals surface area contributed by atoms with Gasteiger partial charge < -0.3 is 4.74 Å². The SMILES string of the molecule is C=C(/C=C\C=C/C)OC(=O)CON. The largest absolute Gasteiger partial charge is 0.425 e. The third-order valence-electron chi connectivity index (χ3n) is 1.03. The van der Waals surface area contributed by atoms with Gasteiger partial charge in [0.15, 0.2) is 6.61 Å². The van der Waals surface area contributed by atoms with E-state index >= 15 is 0 Å². The number of esters is 1. The van der Waals surface area contributed by atoms with Crippen molar-refractivity contribution in [1.82, 2.24) is 0 Å². The fourth-order valence-corrected chi connectivity index (χ4v) is 0.552. The fourth-order valence-electron chi connectivity index (χ4n) is 0.552. The molecule has 0 aliphatic carbocycles. The second-order valence-corrected chi connectivity index (χ2v) is 2.14. The number of allylic oxidation sites excluding steroid dienone is 4. The molecule has 0 unspecified atom stereocenters. The van der Waals surface area contributed by atoms with Gasteiger partial charge in [0.1, 0.15) is 5.76 Å². The van der Waals surface area contributed by atoms with Crippen LogP contribution in [0.5, 0.6) is 0 Å². The van der Waals surface area contributed by atoms with Crippen LogP contribution in [0.2, 0.25) is 0 Å². The summed E-state index contributed by atoms with van der Waals surface area (Å²) in [6.45, 7) is 5.08. The summed E-state index contributed by atoms with van der Waals surface area (Å²) in [6, 6.07) is 0. The molecule has 0 aromatic rings. The summed E-state index contributed by atoms with van der Waals surface area (Å²) in [4.78, 5) is 14.8. The van der Waals surface area contributed by atoms with Crippen LogP contribution in [0.15, 0.2) is 36.6 Å². The van der Waals surface area contributed by atoms with Gasteiger partial charge in [-0.3, -0.25) is 4.84 Å². The molecule has 0 aliphatic heterocycles. The molecule has 0 aromatic carbocycles. The monoisotopic (exact) mass is 183 g/mol. The van der Waals surface area contributed by atoms with Crippen molar-refractivity contribution in [3.8, 4) is 0 Å². The molecule has 0 aliphatic rings. The van der Waals surface area contributed by atoms with Crippen molar-refractivity contribution >= 4 is 5.97 Å². The lowest BCUT2D eigenvalue weighted by Gasteiger charge is -2.00. The summed E-state index contributed by atoms with van der Waals surface area (Å²) in [5.74, 6) is 4.35. The maximum atomic E-state index is 10.7. The van der Waals surface area contributed by atoms with Crippen LogP contribution < -0.4 is 5.90 Å². The highest BCUT2D eigenvalue weighted by Gasteiger charge is 2.01. The second-order valence-electron chi connectivity index (χ2n) is 2.14. The Morgan fingerprint density at radius 2 is 2.23 bits per heavy atom. The molecule has 13 heavy (non-hydrogen) atoms. The fraction of sp³-hybridized carbons (Fsp3) is 0.222. The van der Waals surface area contributed by atoms with Crippen molar-refractivity contribution in [2.75, 3.05) is 6.61 Å². The maximum Gasteiger partial charge on any atom is 0.339 e. The number of rotatable bonds is 5. The Hall–Kier alpha value is -1.39. The van der Waals surface area contributed by atoms with E-state index in [1.165, 1.54) is 0 Å². The number of hydrogen-bond donors (Lipinski definition) is 1. The van der Waals surface area contributed by atoms with E-state index in [2.05, 4.69) is 22.1 Å². The normalized spacial score (nSPS) is 10.9. The van der Waals surface area contributed by atoms with Crippen LogP contribution in [0.3, 0.4) is 0 Å². The molecule has 0 amide bonds. The molecule has 0 spiro atoms. The van der Waals surface area contributed by atoms with E-state index in [4.69, 9.17) is 0 Å². The average molecular weight is 183 g/mol. The molecule has 0 saturated heterocycles. The van der Waals surface area contributed by atoms with Crippen molar-refractivity contribution in [2.24, 2.45) is 5.90 Å². The molecule has 2 N–H and O–H groups in total. The van der Waals surface area contributed by atoms with E-state index < -0.39 is 5.97 Å². The molecule has 0 radical (unpaired) electrons. The van der Waals surface area contributed by atoms with Gasteiger partial charge in [-0.15, -0.1) is 0 Å². The van der Waals surface area contributed by atoms with E-state index in [0.29, 0.717) is 0 Å². The van der Waals surface area contributed by atoms with E-state index in [-0.39, 0.29) is 12.4 Å². The molecule has 4 heteroatoms. The highest BCUT2D eigenvalue weighted by Crippen LogP contribution is 1.96. The predicted molar refractivity (Wildman–Crippen MR) is 49.3 cm³/mol. The summed E-state index contributed by atoms with van der Waals surface area (Å²) < 4.78 is 4.68. The number of nitrogens with two attached hydrogens (primary N) is 1. The van der Waals surface area contributed by atoms with Gasteiger partial charge in [-0.05, 0) is 13.0 Å². The van der Waals surface area contributed by atoms with Crippen molar-refractivity contribution in [1.29, 1.82) is 0 Å². The van der Waals surface area contributed by atoms with Crippen molar-refractivity contribution in [3.63, 3.8) is 0 Å². The standard InChI is InChI=1S/C9H13NO3/c1-3-4-5-6-8(2)13-9(11)7-12-10/h3-6H,2,7,10H2,1H3/b4-3-,6-5-. The quantitative estimate of drug-likeness (QED) is 0.300. The predicted octanol–water partition coefficient (Wildman–Crippen LogP) is 1.07. The van der Waals surface area contributed by atoms with E-state index in [0.717, 1.165) is 0 Å². The average Bonchev–Trinajstić information content (AvgIpc) is 2.05. The second kappa shape index (κ2) is 7.27. The number of carbonyl (C=O) groups is 1. The first-order valence-electron chi connectivity index (χ1n) is 3.71. The zero-order valence-electron chi connectivity index (χ0n) is 7.53. The lowest BCUT2D eigenvalue weighted by molar-refractivity contribution is -0.144. The molecule has 0 rings (SSSR count). The topological polar surface area (TPSA) is 61.5 Å². The molecule has 0 heterocycles. The summed E-state index contributed by atoms with van der Waals surface area (Å²) in [5, 5.41) is 0. The third kappa shape index (κ3) is 6.99. The molecule has 0 saturated carbocycles. The molecule has 4 nitrogen and oxygen atoms in total. The number of hydrogen-bond acceptors (Lipinski definition) is 4. The van der Waals surface area contributed by atoms with Gasteiger partial charge in [-0.1, -0.05) is 24.8 Å². The van der Waals surface area contributed by atoms with Gasteiger partial charge in [0.05, 0.1) is 0 Å². The molecule has 0 bridgehead atoms. The first-order valence-corrected chi connectivity index (χ1v) is 3.71. The molecular formula is C9H13NO3. The minimum atomic E-state index is -0.572. The molecule has 72 valence electrons. The smallest absolute Gasteiger partial charge is 0.339 e. The van der Waals surface area contributed by atoms with Gasteiger partial charge in [-0.2, -0.15) is 0 Å². The zero-order valence-corrected chi connectivity index (χ0v) is 7.53. The number of carbonyl (C=O) groups excluding carboxylic acids is 1. The highest BCUT2D eigenvalue weighted by molar-refractivity contribution is 5.72. The van der Waals surface area contributed by atoms with Crippen LogP contribution in [0.25, 0.3) is 0 Å². The lowest BCUT2D eigenvalue weighted by Crippen LogP contribution is -2.14. The Morgan fingerprint density at radius 3 is 2.77 bits per heavy atom. The van der Waals surface area contributed by atoms with Crippen molar-refractivity contribution in [3.05, 3.63) is 36.6 Å². The van der Waals surface area contributed by atoms with Crippen LogP contribution in [-0.4, -0.2) is 12.6 Å². The van der Waals surface area contributed by atoms with Crippen LogP contribution >= 0.6 is 0 Å². The highest BCUT2D eigenvalue weighted by atomic mass is 16.6. The minimum absolute atomic E-state index is 0.250. The Labute approximate surface area is 77.3 Å². The van der Waals surface area contributed by atoms with Gasteiger partial charge in [0.25, 0.3) is 0 Å². The first kappa shape index (κ1) is 11.6. The summed E-state index contributed by atoms with van der Waals surface area (Å²) in [5.41, 5.74) is 0. The molecular weight excluding hydrogens is 170 g/mol. The van der Waals surface area contributed by atoms with Gasteiger partial charge in [-0.25, -0.2) is 10.7 Å². The third-order valence-corrected chi connectivity index (χ3v) is 1.03. The van der Waals surface area contributed by atoms with E-state index in [9.17, 15) is 4.79 Å². The number of ether oxygens (including phenoxy) is 1. The summed E-state index contributed by atoms with van der Waals surface area (Å²) in [7, 11) is 0. The molecule has 0 fully saturated rings. The minimum Gasteiger partial charge on any atom is -0.425 e. The summed E-state index contributed by atoms with van der Waals surface area (Å²) in [6.07, 6.45) is 6.90. The Kier molecular flexibility index (Phi) is 6.49. The Morgan fingerprint density at radius 1 is 1.54 bits per heavy atom. The van der Waals surface area contributed by atoms with Crippen LogP contribution in [0.1, 0.15) is 6.92 Å². The van der Waals surface area contributed by atoms with Crippen LogP contribution in [0.4, 0.5) is 0 Å². The van der Waals surface area contributed by atoms with Crippen LogP contribution in [0, 0.1) is 0 Å². The molecule has 0 atom stereocenters. The first-order chi connectivity index (χ1) is 6.20. The Bertz CT molecular complexity index is 231. The van der Waals surface area contributed by atoms with E-state index in [1.54, 1.807) is 18.2 Å². The molecule has 0 aromatic heterocycles.